The summed E-state index contributed by atoms with van der Waals surface area (Å²) in [6.45, 7) is 7.17. The molecular weight excluding hydrogens is 316 g/mol. The molecule has 6 nitrogen and oxygen atoms in total. The van der Waals surface area contributed by atoms with Crippen LogP contribution in [0, 0.1) is 6.92 Å². The van der Waals surface area contributed by atoms with Gasteiger partial charge in [-0.05, 0) is 38.0 Å². The van der Waals surface area contributed by atoms with Gasteiger partial charge in [0.2, 0.25) is 10.0 Å². The molecule has 23 heavy (non-hydrogen) atoms. The Kier molecular flexibility index (Phi) is 5.78. The summed E-state index contributed by atoms with van der Waals surface area (Å²) in [5, 5.41) is 2.88. The molecule has 1 saturated heterocycles. The first-order valence-corrected chi connectivity index (χ1v) is 9.29. The number of carbonyl (C=O) groups excluding carboxylic acids is 1. The van der Waals surface area contributed by atoms with Gasteiger partial charge in [-0.1, -0.05) is 13.0 Å². The Morgan fingerprint density at radius 3 is 2.61 bits per heavy atom. The molecule has 1 aliphatic heterocycles. The summed E-state index contributed by atoms with van der Waals surface area (Å²) in [6, 6.07) is 4.75. The van der Waals surface area contributed by atoms with Crippen LogP contribution in [-0.4, -0.2) is 51.0 Å². The van der Waals surface area contributed by atoms with E-state index in [0.29, 0.717) is 31.9 Å². The van der Waals surface area contributed by atoms with E-state index in [4.69, 9.17) is 4.74 Å². The summed E-state index contributed by atoms with van der Waals surface area (Å²) < 4.78 is 32.0. The first-order valence-electron chi connectivity index (χ1n) is 7.85. The van der Waals surface area contributed by atoms with Gasteiger partial charge in [-0.25, -0.2) is 8.42 Å². The fourth-order valence-corrected chi connectivity index (χ4v) is 3.78. The molecular formula is C16H24N2O4S. The molecule has 1 N–H and O–H groups in total. The van der Waals surface area contributed by atoms with Gasteiger partial charge in [-0.3, -0.25) is 4.79 Å². The minimum atomic E-state index is -3.60. The zero-order valence-corrected chi connectivity index (χ0v) is 14.6. The van der Waals surface area contributed by atoms with E-state index >= 15 is 0 Å². The van der Waals surface area contributed by atoms with Crippen LogP contribution in [0.15, 0.2) is 23.1 Å². The topological polar surface area (TPSA) is 75.7 Å². The van der Waals surface area contributed by atoms with Gasteiger partial charge in [-0.2, -0.15) is 4.31 Å². The van der Waals surface area contributed by atoms with E-state index < -0.39 is 10.0 Å². The SMILES string of the molecule is CCC(C)NC(=O)c1cc(S(=O)(=O)N2CCOCC2)ccc1C. The first-order chi connectivity index (χ1) is 10.9. The van der Waals surface area contributed by atoms with Gasteiger partial charge < -0.3 is 10.1 Å². The highest BCUT2D eigenvalue weighted by Gasteiger charge is 2.27. The van der Waals surface area contributed by atoms with E-state index in [1.807, 2.05) is 13.8 Å². The van der Waals surface area contributed by atoms with Crippen LogP contribution < -0.4 is 5.32 Å². The van der Waals surface area contributed by atoms with E-state index in [1.54, 1.807) is 19.1 Å². The van der Waals surface area contributed by atoms with Gasteiger partial charge in [-0.15, -0.1) is 0 Å². The van der Waals surface area contributed by atoms with Crippen molar-refractivity contribution in [2.24, 2.45) is 0 Å². The second kappa shape index (κ2) is 7.42. The maximum Gasteiger partial charge on any atom is 0.251 e. The minimum Gasteiger partial charge on any atom is -0.379 e. The fourth-order valence-electron chi connectivity index (χ4n) is 2.35. The van der Waals surface area contributed by atoms with Crippen LogP contribution in [-0.2, 0) is 14.8 Å². The molecule has 1 atom stereocenters. The molecule has 0 bridgehead atoms. The quantitative estimate of drug-likeness (QED) is 0.882. The van der Waals surface area contributed by atoms with E-state index in [0.717, 1.165) is 12.0 Å². The lowest BCUT2D eigenvalue weighted by molar-refractivity contribution is 0.0730. The molecule has 0 aliphatic carbocycles. The number of benzene rings is 1. The smallest absolute Gasteiger partial charge is 0.251 e. The number of hydrogen-bond donors (Lipinski definition) is 1. The average molecular weight is 340 g/mol. The van der Waals surface area contributed by atoms with Gasteiger partial charge in [0.15, 0.2) is 0 Å². The lowest BCUT2D eigenvalue weighted by Gasteiger charge is -2.26. The largest absolute Gasteiger partial charge is 0.379 e. The number of amides is 1. The van der Waals surface area contributed by atoms with Crippen molar-refractivity contribution in [1.82, 2.24) is 9.62 Å². The summed E-state index contributed by atoms with van der Waals surface area (Å²) >= 11 is 0. The second-order valence-corrected chi connectivity index (χ2v) is 7.71. The van der Waals surface area contributed by atoms with Gasteiger partial charge in [0.05, 0.1) is 18.1 Å². The highest BCUT2D eigenvalue weighted by atomic mass is 32.2. The van der Waals surface area contributed by atoms with Crippen molar-refractivity contribution in [1.29, 1.82) is 0 Å². The van der Waals surface area contributed by atoms with Crippen LogP contribution in [0.25, 0.3) is 0 Å². The molecule has 1 amide bonds. The number of aryl methyl sites for hydroxylation is 1. The summed E-state index contributed by atoms with van der Waals surface area (Å²) in [5.41, 5.74) is 1.16. The van der Waals surface area contributed by atoms with Gasteiger partial charge >= 0.3 is 0 Å². The number of nitrogens with zero attached hydrogens (tertiary/aromatic N) is 1. The fraction of sp³-hybridized carbons (Fsp3) is 0.562. The van der Waals surface area contributed by atoms with E-state index in [-0.39, 0.29) is 16.8 Å². The van der Waals surface area contributed by atoms with E-state index in [1.165, 1.54) is 10.4 Å². The molecule has 2 rings (SSSR count). The number of rotatable bonds is 5. The number of ether oxygens (including phenoxy) is 1. The third kappa shape index (κ3) is 4.10. The molecule has 1 aliphatic rings. The summed E-state index contributed by atoms with van der Waals surface area (Å²) in [6.07, 6.45) is 0.816. The number of carbonyl (C=O) groups is 1. The predicted molar refractivity (Wildman–Crippen MR) is 88.0 cm³/mol. The van der Waals surface area contributed by atoms with Crippen molar-refractivity contribution < 1.29 is 17.9 Å². The average Bonchev–Trinajstić information content (AvgIpc) is 2.55. The lowest BCUT2D eigenvalue weighted by atomic mass is 10.1. The van der Waals surface area contributed by atoms with E-state index in [2.05, 4.69) is 5.32 Å². The number of morpholine rings is 1. The number of nitrogens with one attached hydrogen (secondary N) is 1. The Bertz CT molecular complexity index is 667. The molecule has 1 heterocycles. The maximum absolute atomic E-state index is 12.7. The lowest BCUT2D eigenvalue weighted by Crippen LogP contribution is -2.40. The van der Waals surface area contributed by atoms with Crippen molar-refractivity contribution in [3.05, 3.63) is 29.3 Å². The third-order valence-corrected chi connectivity index (χ3v) is 5.95. The zero-order chi connectivity index (χ0) is 17.0. The van der Waals surface area contributed by atoms with Gasteiger partial charge in [0.1, 0.15) is 0 Å². The number of hydrogen-bond acceptors (Lipinski definition) is 4. The van der Waals surface area contributed by atoms with Gasteiger partial charge in [0, 0.05) is 24.7 Å². The minimum absolute atomic E-state index is 0.0430. The standard InChI is InChI=1S/C16H24N2O4S/c1-4-13(3)17-16(19)15-11-14(6-5-12(15)2)23(20,21)18-7-9-22-10-8-18/h5-6,11,13H,4,7-10H2,1-3H3,(H,17,19). The van der Waals surface area contributed by atoms with Crippen LogP contribution in [0.5, 0.6) is 0 Å². The number of sulfonamides is 1. The van der Waals surface area contributed by atoms with Crippen molar-refractivity contribution >= 4 is 15.9 Å². The van der Waals surface area contributed by atoms with Crippen molar-refractivity contribution in [2.75, 3.05) is 26.3 Å². The highest BCUT2D eigenvalue weighted by molar-refractivity contribution is 7.89. The molecule has 0 saturated carbocycles. The summed E-state index contributed by atoms with van der Waals surface area (Å²) in [4.78, 5) is 12.5. The molecule has 1 aromatic rings. The van der Waals surface area contributed by atoms with Crippen LogP contribution in [0.3, 0.4) is 0 Å². The van der Waals surface area contributed by atoms with Crippen molar-refractivity contribution in [3.8, 4) is 0 Å². The molecule has 128 valence electrons. The molecule has 0 spiro atoms. The Balaban J connectivity index is 2.30. The normalized spacial score (nSPS) is 17.7. The van der Waals surface area contributed by atoms with Crippen LogP contribution in [0.1, 0.15) is 36.2 Å². The highest BCUT2D eigenvalue weighted by Crippen LogP contribution is 2.20. The van der Waals surface area contributed by atoms with E-state index in [9.17, 15) is 13.2 Å². The molecule has 7 heteroatoms. The van der Waals surface area contributed by atoms with Crippen molar-refractivity contribution in [3.63, 3.8) is 0 Å². The van der Waals surface area contributed by atoms with Crippen molar-refractivity contribution in [2.45, 2.75) is 38.1 Å². The molecule has 1 fully saturated rings. The van der Waals surface area contributed by atoms with Crippen LogP contribution >= 0.6 is 0 Å². The Morgan fingerprint density at radius 2 is 2.00 bits per heavy atom. The first kappa shape index (κ1) is 17.9. The van der Waals surface area contributed by atoms with Crippen LogP contribution in [0.4, 0.5) is 0 Å². The molecule has 1 unspecified atom stereocenters. The van der Waals surface area contributed by atoms with Crippen LogP contribution in [0.2, 0.25) is 0 Å². The monoisotopic (exact) mass is 340 g/mol. The Labute approximate surface area is 137 Å². The molecule has 1 aromatic carbocycles. The molecule has 0 radical (unpaired) electrons. The van der Waals surface area contributed by atoms with Gasteiger partial charge in [0.25, 0.3) is 5.91 Å². The summed E-state index contributed by atoms with van der Waals surface area (Å²) in [7, 11) is -3.60. The zero-order valence-electron chi connectivity index (χ0n) is 13.8. The predicted octanol–water partition coefficient (Wildman–Crippen LogP) is 1.54. The second-order valence-electron chi connectivity index (χ2n) is 5.78. The summed E-state index contributed by atoms with van der Waals surface area (Å²) in [5.74, 6) is -0.240. The maximum atomic E-state index is 12.7. The Morgan fingerprint density at radius 1 is 1.35 bits per heavy atom. The third-order valence-electron chi connectivity index (χ3n) is 4.05. The molecule has 0 aromatic heterocycles. The Hall–Kier alpha value is -1.44.